The first-order valence-corrected chi connectivity index (χ1v) is 8.31. The van der Waals surface area contributed by atoms with E-state index in [0.717, 1.165) is 0 Å². The van der Waals surface area contributed by atoms with Gasteiger partial charge in [0.2, 0.25) is 5.95 Å². The zero-order valence-corrected chi connectivity index (χ0v) is 13.9. The maximum atomic E-state index is 10.4. The van der Waals surface area contributed by atoms with Gasteiger partial charge in [0.1, 0.15) is 17.0 Å². The average molecular weight is 356 g/mol. The smallest absolute Gasteiger partial charge is 0.224 e. The second kappa shape index (κ2) is 7.07. The first-order valence-electron chi connectivity index (χ1n) is 7.37. The minimum Gasteiger partial charge on any atom is -0.395 e. The summed E-state index contributed by atoms with van der Waals surface area (Å²) < 4.78 is 12.5. The number of nitrogen functional groups attached to an aromatic ring is 2. The lowest BCUT2D eigenvalue weighted by atomic mass is 10.1. The molecule has 0 aromatic carbocycles. The fourth-order valence-corrected chi connectivity index (χ4v) is 4.12. The Balaban J connectivity index is 1.96. The third-order valence-corrected chi connectivity index (χ3v) is 5.38. The molecule has 11 heteroatoms. The van der Waals surface area contributed by atoms with Crippen molar-refractivity contribution in [2.75, 3.05) is 38.4 Å². The van der Waals surface area contributed by atoms with E-state index in [0.29, 0.717) is 24.4 Å². The van der Waals surface area contributed by atoms with Crippen LogP contribution in [0, 0.1) is 0 Å². The van der Waals surface area contributed by atoms with Crippen molar-refractivity contribution in [2.24, 2.45) is 0 Å². The fraction of sp³-hybridized carbons (Fsp3) is 0.615. The normalized spacial score (nSPS) is 27.1. The van der Waals surface area contributed by atoms with Crippen LogP contribution in [0.1, 0.15) is 5.37 Å². The number of nitrogens with zero attached hydrogens (tertiary/aromatic N) is 4. The summed E-state index contributed by atoms with van der Waals surface area (Å²) in [5.41, 5.74) is 12.4. The van der Waals surface area contributed by atoms with Crippen LogP contribution in [0.5, 0.6) is 0 Å². The number of aliphatic hydroxyl groups is 2. The molecule has 1 saturated heterocycles. The predicted molar refractivity (Wildman–Crippen MR) is 89.3 cm³/mol. The van der Waals surface area contributed by atoms with E-state index in [9.17, 15) is 10.2 Å². The molecule has 3 heterocycles. The van der Waals surface area contributed by atoms with Crippen molar-refractivity contribution >= 4 is 34.7 Å². The lowest BCUT2D eigenvalue weighted by molar-refractivity contribution is -0.0556. The van der Waals surface area contributed by atoms with Gasteiger partial charge in [0.15, 0.2) is 11.5 Å². The quantitative estimate of drug-likeness (QED) is 0.473. The number of fused-ring (bicyclic) bond motifs is 1. The van der Waals surface area contributed by atoms with Crippen molar-refractivity contribution in [1.82, 2.24) is 19.5 Å². The molecule has 24 heavy (non-hydrogen) atoms. The Kier molecular flexibility index (Phi) is 5.06. The summed E-state index contributed by atoms with van der Waals surface area (Å²) in [5, 5.41) is 19.2. The predicted octanol–water partition coefficient (Wildman–Crippen LogP) is -1.01. The first-order chi connectivity index (χ1) is 11.6. The Morgan fingerprint density at radius 2 is 2.12 bits per heavy atom. The number of ether oxygens (including phenoxy) is 2. The van der Waals surface area contributed by atoms with Crippen molar-refractivity contribution in [3.8, 4) is 0 Å². The van der Waals surface area contributed by atoms with Crippen LogP contribution in [0.4, 0.5) is 11.8 Å². The summed E-state index contributed by atoms with van der Waals surface area (Å²) in [6, 6.07) is 0. The molecule has 0 aliphatic carbocycles. The third kappa shape index (κ3) is 3.00. The standard InChI is InChI=1S/C13H20N6O4S/c1-22-2-3-23-9-8(21)6(4-20)24-12(9)19-5-16-7-10(14)17-13(15)18-11(7)19/h5-6,8-9,12,20-21H,2-4H2,1H3,(H4,14,15,17,18)/t6-,8+,9?,12-/m1/s1. The van der Waals surface area contributed by atoms with Crippen LogP contribution in [0.15, 0.2) is 6.33 Å². The molecule has 0 radical (unpaired) electrons. The number of methoxy groups -OCH3 is 1. The second-order valence-corrected chi connectivity index (χ2v) is 6.72. The SMILES string of the molecule is COCCOC1[C@@H](O)[C@@H](CO)S[C@H]1n1cnc2c(N)nc(N)nc21. The van der Waals surface area contributed by atoms with E-state index in [4.69, 9.17) is 20.9 Å². The molecule has 0 spiro atoms. The lowest BCUT2D eigenvalue weighted by Gasteiger charge is -2.23. The monoisotopic (exact) mass is 356 g/mol. The van der Waals surface area contributed by atoms with Gasteiger partial charge in [-0.05, 0) is 0 Å². The molecule has 6 N–H and O–H groups in total. The summed E-state index contributed by atoms with van der Waals surface area (Å²) in [4.78, 5) is 12.3. The van der Waals surface area contributed by atoms with Crippen LogP contribution < -0.4 is 11.5 Å². The van der Waals surface area contributed by atoms with Crippen LogP contribution in [-0.4, -0.2) is 74.1 Å². The highest BCUT2D eigenvalue weighted by atomic mass is 32.2. The molecule has 0 amide bonds. The number of nitrogens with two attached hydrogens (primary N) is 2. The number of hydrogen-bond acceptors (Lipinski definition) is 10. The molecular formula is C13H20N6O4S. The minimum absolute atomic E-state index is 0.0425. The molecule has 0 bridgehead atoms. The van der Waals surface area contributed by atoms with Crippen molar-refractivity contribution in [3.63, 3.8) is 0 Å². The van der Waals surface area contributed by atoms with Crippen LogP contribution in [0.2, 0.25) is 0 Å². The molecule has 132 valence electrons. The van der Waals surface area contributed by atoms with Crippen molar-refractivity contribution in [1.29, 1.82) is 0 Å². The van der Waals surface area contributed by atoms with Gasteiger partial charge in [0, 0.05) is 7.11 Å². The average Bonchev–Trinajstić information content (AvgIpc) is 3.09. The van der Waals surface area contributed by atoms with Gasteiger partial charge in [0.05, 0.1) is 37.5 Å². The van der Waals surface area contributed by atoms with E-state index in [1.54, 1.807) is 18.0 Å². The Morgan fingerprint density at radius 3 is 2.83 bits per heavy atom. The van der Waals surface area contributed by atoms with E-state index in [1.165, 1.54) is 11.8 Å². The van der Waals surface area contributed by atoms with Crippen LogP contribution in [0.3, 0.4) is 0 Å². The first kappa shape index (κ1) is 17.2. The molecule has 1 aliphatic rings. The number of imidazole rings is 1. The van der Waals surface area contributed by atoms with Crippen molar-refractivity contribution in [2.45, 2.75) is 22.8 Å². The number of aromatic nitrogens is 4. The summed E-state index contributed by atoms with van der Waals surface area (Å²) in [6.07, 6.45) is 0.166. The summed E-state index contributed by atoms with van der Waals surface area (Å²) in [5.74, 6) is 0.233. The van der Waals surface area contributed by atoms with Crippen LogP contribution in [0.25, 0.3) is 11.2 Å². The maximum Gasteiger partial charge on any atom is 0.224 e. The molecule has 3 rings (SSSR count). The Labute approximate surface area is 142 Å². The highest BCUT2D eigenvalue weighted by molar-refractivity contribution is 8.00. The molecule has 0 saturated carbocycles. The number of rotatable bonds is 6. The highest BCUT2D eigenvalue weighted by Gasteiger charge is 2.45. The van der Waals surface area contributed by atoms with E-state index in [2.05, 4.69) is 15.0 Å². The van der Waals surface area contributed by atoms with Gasteiger partial charge in [-0.2, -0.15) is 9.97 Å². The van der Waals surface area contributed by atoms with Gasteiger partial charge in [-0.1, -0.05) is 0 Å². The molecular weight excluding hydrogens is 336 g/mol. The highest BCUT2D eigenvalue weighted by Crippen LogP contribution is 2.44. The van der Waals surface area contributed by atoms with Crippen LogP contribution in [-0.2, 0) is 9.47 Å². The van der Waals surface area contributed by atoms with Crippen molar-refractivity contribution in [3.05, 3.63) is 6.33 Å². The maximum absolute atomic E-state index is 10.4. The van der Waals surface area contributed by atoms with Crippen LogP contribution >= 0.6 is 11.8 Å². The summed E-state index contributed by atoms with van der Waals surface area (Å²) in [6.45, 7) is 0.550. The zero-order chi connectivity index (χ0) is 17.3. The number of thioether (sulfide) groups is 1. The number of anilines is 2. The topological polar surface area (TPSA) is 155 Å². The molecule has 2 aromatic rings. The molecule has 2 aromatic heterocycles. The van der Waals surface area contributed by atoms with E-state index in [-0.39, 0.29) is 29.0 Å². The van der Waals surface area contributed by atoms with Gasteiger partial charge >= 0.3 is 0 Å². The second-order valence-electron chi connectivity index (χ2n) is 5.36. The third-order valence-electron chi connectivity index (χ3n) is 3.83. The van der Waals surface area contributed by atoms with Gasteiger partial charge in [-0.15, -0.1) is 11.8 Å². The zero-order valence-electron chi connectivity index (χ0n) is 13.1. The Morgan fingerprint density at radius 1 is 1.33 bits per heavy atom. The molecule has 1 aliphatic heterocycles. The lowest BCUT2D eigenvalue weighted by Crippen LogP contribution is -2.36. The van der Waals surface area contributed by atoms with Gasteiger partial charge in [0.25, 0.3) is 0 Å². The summed E-state index contributed by atoms with van der Waals surface area (Å²) >= 11 is 1.38. The minimum atomic E-state index is -0.837. The number of aliphatic hydroxyl groups excluding tert-OH is 2. The Bertz CT molecular complexity index is 713. The van der Waals surface area contributed by atoms with Gasteiger partial charge < -0.3 is 31.2 Å². The van der Waals surface area contributed by atoms with Crippen molar-refractivity contribution < 1.29 is 19.7 Å². The molecule has 1 unspecified atom stereocenters. The van der Waals surface area contributed by atoms with E-state index in [1.807, 2.05) is 0 Å². The largest absolute Gasteiger partial charge is 0.395 e. The number of hydrogen-bond donors (Lipinski definition) is 4. The molecule has 1 fully saturated rings. The molecule has 10 nitrogen and oxygen atoms in total. The van der Waals surface area contributed by atoms with E-state index < -0.39 is 12.2 Å². The van der Waals surface area contributed by atoms with E-state index >= 15 is 0 Å². The summed E-state index contributed by atoms with van der Waals surface area (Å²) in [7, 11) is 1.57. The Hall–Kier alpha value is -1.66. The fourth-order valence-electron chi connectivity index (χ4n) is 2.68. The van der Waals surface area contributed by atoms with Gasteiger partial charge in [-0.25, -0.2) is 4.98 Å². The molecule has 4 atom stereocenters. The van der Waals surface area contributed by atoms with Gasteiger partial charge in [-0.3, -0.25) is 4.57 Å².